The molecule has 0 fully saturated rings. The van der Waals surface area contributed by atoms with Crippen LogP contribution >= 0.6 is 23.2 Å². The predicted molar refractivity (Wildman–Crippen MR) is 132 cm³/mol. The van der Waals surface area contributed by atoms with Crippen LogP contribution in [0.1, 0.15) is 40.1 Å². The van der Waals surface area contributed by atoms with Crippen molar-refractivity contribution in [3.8, 4) is 17.2 Å². The topological polar surface area (TPSA) is 86.2 Å². The highest BCUT2D eigenvalue weighted by Crippen LogP contribution is 2.29. The fraction of sp³-hybridized carbons (Fsp3) is 0.160. The van der Waals surface area contributed by atoms with Crippen molar-refractivity contribution in [3.63, 3.8) is 0 Å². The third-order valence-electron chi connectivity index (χ3n) is 4.43. The summed E-state index contributed by atoms with van der Waals surface area (Å²) in [6.07, 6.45) is 1.44. The van der Waals surface area contributed by atoms with E-state index in [0.29, 0.717) is 46.4 Å². The lowest BCUT2D eigenvalue weighted by Gasteiger charge is -2.11. The lowest BCUT2D eigenvalue weighted by atomic mass is 10.2. The molecule has 3 aromatic carbocycles. The molecular weight excluding hydrogens is 479 g/mol. The molecule has 0 aromatic heterocycles. The number of halogens is 2. The Balaban J connectivity index is 1.68. The molecule has 1 N–H and O–H groups in total. The molecule has 0 bridgehead atoms. The van der Waals surface area contributed by atoms with Crippen molar-refractivity contribution in [1.82, 2.24) is 5.43 Å². The molecule has 3 rings (SSSR count). The van der Waals surface area contributed by atoms with E-state index in [4.69, 9.17) is 37.4 Å². The van der Waals surface area contributed by atoms with Gasteiger partial charge in [0.25, 0.3) is 5.91 Å². The number of rotatable bonds is 9. The summed E-state index contributed by atoms with van der Waals surface area (Å²) in [6, 6.07) is 16.1. The number of amides is 1. The first kappa shape index (κ1) is 25.1. The summed E-state index contributed by atoms with van der Waals surface area (Å²) >= 11 is 11.8. The highest BCUT2D eigenvalue weighted by molar-refractivity contribution is 6.42. The Hall–Kier alpha value is -3.55. The number of ether oxygens (including phenoxy) is 3. The maximum Gasteiger partial charge on any atom is 0.343 e. The number of hydrazone groups is 1. The van der Waals surface area contributed by atoms with E-state index in [1.165, 1.54) is 18.3 Å². The number of esters is 1. The molecule has 3 aromatic rings. The van der Waals surface area contributed by atoms with Crippen molar-refractivity contribution in [2.24, 2.45) is 5.10 Å². The second kappa shape index (κ2) is 12.1. The number of nitrogens with one attached hydrogen (secondary N) is 1. The fourth-order valence-corrected chi connectivity index (χ4v) is 3.14. The lowest BCUT2D eigenvalue weighted by Crippen LogP contribution is -2.17. The van der Waals surface area contributed by atoms with Gasteiger partial charge in [-0.05, 0) is 80.1 Å². The first-order chi connectivity index (χ1) is 16.4. The van der Waals surface area contributed by atoms with Crippen LogP contribution in [0.15, 0.2) is 65.8 Å². The van der Waals surface area contributed by atoms with E-state index in [9.17, 15) is 9.59 Å². The van der Waals surface area contributed by atoms with Gasteiger partial charge in [0.05, 0.1) is 35.0 Å². The predicted octanol–water partition coefficient (Wildman–Crippen LogP) is 5.77. The van der Waals surface area contributed by atoms with Crippen molar-refractivity contribution in [1.29, 1.82) is 0 Å². The minimum Gasteiger partial charge on any atom is -0.494 e. The van der Waals surface area contributed by atoms with Crippen LogP contribution < -0.4 is 19.6 Å². The second-order valence-electron chi connectivity index (χ2n) is 6.81. The maximum absolute atomic E-state index is 12.5. The molecule has 0 aliphatic rings. The van der Waals surface area contributed by atoms with E-state index in [1.54, 1.807) is 48.5 Å². The van der Waals surface area contributed by atoms with Gasteiger partial charge in [0.2, 0.25) is 0 Å². The molecule has 0 saturated heterocycles. The van der Waals surface area contributed by atoms with Crippen molar-refractivity contribution >= 4 is 41.3 Å². The monoisotopic (exact) mass is 500 g/mol. The molecule has 0 saturated carbocycles. The molecule has 0 spiro atoms. The largest absolute Gasteiger partial charge is 0.494 e. The molecule has 1 amide bonds. The minimum absolute atomic E-state index is 0.262. The molecule has 0 unspecified atom stereocenters. The van der Waals surface area contributed by atoms with E-state index in [1.807, 2.05) is 13.8 Å². The van der Waals surface area contributed by atoms with Crippen LogP contribution in [-0.2, 0) is 0 Å². The number of hydrogen-bond donors (Lipinski definition) is 1. The Labute approximate surface area is 207 Å². The van der Waals surface area contributed by atoms with E-state index in [-0.39, 0.29) is 10.8 Å². The normalized spacial score (nSPS) is 10.7. The Morgan fingerprint density at radius 2 is 1.56 bits per heavy atom. The Morgan fingerprint density at radius 1 is 0.853 bits per heavy atom. The van der Waals surface area contributed by atoms with Gasteiger partial charge in [-0.1, -0.05) is 23.2 Å². The lowest BCUT2D eigenvalue weighted by molar-refractivity contribution is 0.0728. The van der Waals surface area contributed by atoms with Crippen LogP contribution in [-0.4, -0.2) is 31.3 Å². The van der Waals surface area contributed by atoms with Gasteiger partial charge in [0.1, 0.15) is 5.75 Å². The number of benzene rings is 3. The SMILES string of the molecule is CCOc1ccc(C(=O)Oc2ccc(C=NNC(=O)c3ccc(Cl)c(Cl)c3)cc2OCC)cc1. The Bertz CT molecular complexity index is 1200. The van der Waals surface area contributed by atoms with Crippen molar-refractivity contribution in [3.05, 3.63) is 87.4 Å². The molecule has 0 aliphatic heterocycles. The summed E-state index contributed by atoms with van der Waals surface area (Å²) in [7, 11) is 0. The van der Waals surface area contributed by atoms with Gasteiger partial charge in [0.15, 0.2) is 11.5 Å². The van der Waals surface area contributed by atoms with E-state index in [2.05, 4.69) is 10.5 Å². The molecule has 176 valence electrons. The molecule has 0 radical (unpaired) electrons. The summed E-state index contributed by atoms with van der Waals surface area (Å²) in [4.78, 5) is 24.8. The van der Waals surface area contributed by atoms with Gasteiger partial charge in [-0.3, -0.25) is 4.79 Å². The van der Waals surface area contributed by atoms with Crippen LogP contribution in [0.5, 0.6) is 17.2 Å². The Kier molecular flexibility index (Phi) is 8.90. The zero-order valence-electron chi connectivity index (χ0n) is 18.5. The van der Waals surface area contributed by atoms with Crippen LogP contribution in [0.4, 0.5) is 0 Å². The first-order valence-corrected chi connectivity index (χ1v) is 11.2. The highest BCUT2D eigenvalue weighted by atomic mass is 35.5. The van der Waals surface area contributed by atoms with Gasteiger partial charge >= 0.3 is 5.97 Å². The molecule has 34 heavy (non-hydrogen) atoms. The van der Waals surface area contributed by atoms with Crippen LogP contribution in [0.2, 0.25) is 10.0 Å². The smallest absolute Gasteiger partial charge is 0.343 e. The average molecular weight is 501 g/mol. The maximum atomic E-state index is 12.5. The van der Waals surface area contributed by atoms with E-state index < -0.39 is 11.9 Å². The fourth-order valence-electron chi connectivity index (χ4n) is 2.84. The third kappa shape index (κ3) is 6.73. The van der Waals surface area contributed by atoms with E-state index in [0.717, 1.165) is 0 Å². The minimum atomic E-state index is -0.528. The van der Waals surface area contributed by atoms with Crippen LogP contribution in [0.25, 0.3) is 0 Å². The second-order valence-corrected chi connectivity index (χ2v) is 7.63. The van der Waals surface area contributed by atoms with Crippen LogP contribution in [0, 0.1) is 0 Å². The average Bonchev–Trinajstić information content (AvgIpc) is 2.83. The molecule has 0 aliphatic carbocycles. The van der Waals surface area contributed by atoms with Crippen molar-refractivity contribution in [2.45, 2.75) is 13.8 Å². The zero-order chi connectivity index (χ0) is 24.5. The summed E-state index contributed by atoms with van der Waals surface area (Å²) < 4.78 is 16.5. The molecule has 7 nitrogen and oxygen atoms in total. The Morgan fingerprint density at radius 3 is 2.24 bits per heavy atom. The van der Waals surface area contributed by atoms with Gasteiger partial charge < -0.3 is 14.2 Å². The third-order valence-corrected chi connectivity index (χ3v) is 5.17. The zero-order valence-corrected chi connectivity index (χ0v) is 20.0. The summed E-state index contributed by atoms with van der Waals surface area (Å²) in [6.45, 7) is 4.60. The highest BCUT2D eigenvalue weighted by Gasteiger charge is 2.14. The molecule has 0 atom stereocenters. The summed E-state index contributed by atoms with van der Waals surface area (Å²) in [5.41, 5.74) is 3.74. The van der Waals surface area contributed by atoms with Gasteiger partial charge in [-0.2, -0.15) is 5.10 Å². The van der Waals surface area contributed by atoms with E-state index >= 15 is 0 Å². The molecule has 9 heteroatoms. The van der Waals surface area contributed by atoms with Crippen molar-refractivity contribution < 1.29 is 23.8 Å². The van der Waals surface area contributed by atoms with Gasteiger partial charge in [0, 0.05) is 5.56 Å². The molecular formula is C25H22Cl2N2O5. The number of hydrogen-bond acceptors (Lipinski definition) is 6. The van der Waals surface area contributed by atoms with Gasteiger partial charge in [-0.25, -0.2) is 10.2 Å². The van der Waals surface area contributed by atoms with Crippen LogP contribution in [0.3, 0.4) is 0 Å². The van der Waals surface area contributed by atoms with Gasteiger partial charge in [-0.15, -0.1) is 0 Å². The number of carbonyl (C=O) groups excluding carboxylic acids is 2. The standard InChI is InChI=1S/C25H22Cl2N2O5/c1-3-32-19-9-6-17(7-10-19)25(31)34-22-12-5-16(13-23(22)33-4-2)15-28-29-24(30)18-8-11-20(26)21(27)14-18/h5-15H,3-4H2,1-2H3,(H,29,30). The number of nitrogens with zero attached hydrogens (tertiary/aromatic N) is 1. The summed E-state index contributed by atoms with van der Waals surface area (Å²) in [5.74, 6) is 0.322. The number of carbonyl (C=O) groups is 2. The summed E-state index contributed by atoms with van der Waals surface area (Å²) in [5, 5.41) is 4.59. The quantitative estimate of drug-likeness (QED) is 0.174. The first-order valence-electron chi connectivity index (χ1n) is 10.4. The van der Waals surface area contributed by atoms with Crippen molar-refractivity contribution in [2.75, 3.05) is 13.2 Å². The molecule has 0 heterocycles.